The topological polar surface area (TPSA) is 68.7 Å². The Bertz CT molecular complexity index is 742. The highest BCUT2D eigenvalue weighted by molar-refractivity contribution is 5.91. The number of nitrogens with zero attached hydrogens (tertiary/aromatic N) is 5. The van der Waals surface area contributed by atoms with Crippen molar-refractivity contribution in [1.82, 2.24) is 19.6 Å². The van der Waals surface area contributed by atoms with Gasteiger partial charge in [-0.1, -0.05) is 29.8 Å². The Kier molecular flexibility index (Phi) is 6.53. The van der Waals surface area contributed by atoms with E-state index in [-0.39, 0.29) is 6.03 Å². The van der Waals surface area contributed by atoms with Gasteiger partial charge in [0.1, 0.15) is 5.60 Å². The van der Waals surface area contributed by atoms with E-state index in [0.717, 1.165) is 5.56 Å². The molecule has 1 fully saturated rings. The van der Waals surface area contributed by atoms with Gasteiger partial charge in [0.05, 0.1) is 13.3 Å². The van der Waals surface area contributed by atoms with Gasteiger partial charge in [0.25, 0.3) is 0 Å². The predicted molar refractivity (Wildman–Crippen MR) is 109 cm³/mol. The van der Waals surface area contributed by atoms with Gasteiger partial charge in [-0.25, -0.2) is 9.59 Å². The highest BCUT2D eigenvalue weighted by atomic mass is 16.6. The second kappa shape index (κ2) is 8.50. The summed E-state index contributed by atoms with van der Waals surface area (Å²) in [6.07, 6.45) is -0.652. The smallest absolute Gasteiger partial charge is 0.437 e. The predicted octanol–water partition coefficient (Wildman–Crippen LogP) is 2.93. The molecule has 0 bridgehead atoms. The van der Waals surface area contributed by atoms with Crippen molar-refractivity contribution in [3.8, 4) is 0 Å². The van der Waals surface area contributed by atoms with Crippen LogP contribution in [0.15, 0.2) is 29.3 Å². The van der Waals surface area contributed by atoms with E-state index < -0.39 is 11.7 Å². The maximum absolute atomic E-state index is 12.4. The van der Waals surface area contributed by atoms with Crippen LogP contribution in [-0.4, -0.2) is 77.8 Å². The van der Waals surface area contributed by atoms with Crippen LogP contribution in [0.1, 0.15) is 31.9 Å². The summed E-state index contributed by atoms with van der Waals surface area (Å²) >= 11 is 0. The van der Waals surface area contributed by atoms with Crippen LogP contribution < -0.4 is 0 Å². The minimum absolute atomic E-state index is 0.0748. The van der Waals surface area contributed by atoms with Gasteiger partial charge in [-0.15, -0.1) is 4.99 Å². The lowest BCUT2D eigenvalue weighted by Gasteiger charge is -2.42. The first-order valence-electron chi connectivity index (χ1n) is 9.26. The summed E-state index contributed by atoms with van der Waals surface area (Å²) in [5.74, 6) is 0.460. The highest BCUT2D eigenvalue weighted by Gasteiger charge is 2.30. The second-order valence-electron chi connectivity index (χ2n) is 8.24. The monoisotopic (exact) mass is 389 g/mol. The highest BCUT2D eigenvalue weighted by Crippen LogP contribution is 2.14. The fraction of sp³-hybridized carbons (Fsp3) is 0.550. The summed E-state index contributed by atoms with van der Waals surface area (Å²) in [7, 11) is 5.31. The van der Waals surface area contributed by atoms with Crippen molar-refractivity contribution in [2.75, 3.05) is 34.5 Å². The number of urea groups is 1. The standard InChI is InChI=1S/C20H31N5O3/c1-15-9-8-10-16(11-15)12-22(5)17(21-18(26)28-20(2,3)4)25-13-23(6)19(27)24(7)14-25/h8-11H,12-14H2,1-7H3/b21-17-. The number of benzene rings is 1. The molecule has 8 heteroatoms. The number of ether oxygens (including phenoxy) is 1. The molecule has 1 aliphatic rings. The number of guanidine groups is 1. The molecule has 8 nitrogen and oxygen atoms in total. The molecule has 154 valence electrons. The molecular weight excluding hydrogens is 358 g/mol. The maximum atomic E-state index is 12.4. The van der Waals surface area contributed by atoms with Crippen molar-refractivity contribution in [3.63, 3.8) is 0 Å². The Morgan fingerprint density at radius 1 is 1.21 bits per heavy atom. The normalized spacial score (nSPS) is 15.8. The van der Waals surface area contributed by atoms with Crippen LogP contribution in [0.5, 0.6) is 0 Å². The average molecular weight is 390 g/mol. The Morgan fingerprint density at radius 2 is 1.82 bits per heavy atom. The average Bonchev–Trinajstić information content (AvgIpc) is 2.55. The fourth-order valence-electron chi connectivity index (χ4n) is 3.01. The van der Waals surface area contributed by atoms with E-state index in [1.165, 1.54) is 5.56 Å². The molecule has 0 atom stereocenters. The van der Waals surface area contributed by atoms with E-state index in [4.69, 9.17) is 4.74 Å². The molecule has 0 N–H and O–H groups in total. The molecule has 1 aromatic rings. The lowest BCUT2D eigenvalue weighted by atomic mass is 10.1. The molecule has 1 heterocycles. The van der Waals surface area contributed by atoms with Gasteiger partial charge in [-0.3, -0.25) is 0 Å². The molecule has 0 radical (unpaired) electrons. The third-order valence-corrected chi connectivity index (χ3v) is 4.13. The number of hydrogen-bond donors (Lipinski definition) is 0. The zero-order valence-corrected chi connectivity index (χ0v) is 17.9. The third-order valence-electron chi connectivity index (χ3n) is 4.13. The lowest BCUT2D eigenvalue weighted by molar-refractivity contribution is 0.0587. The summed E-state index contributed by atoms with van der Waals surface area (Å²) in [6, 6.07) is 8.10. The van der Waals surface area contributed by atoms with Gasteiger partial charge < -0.3 is 24.3 Å². The molecule has 0 spiro atoms. The molecule has 1 aromatic carbocycles. The van der Waals surface area contributed by atoms with Crippen molar-refractivity contribution in [2.45, 2.75) is 39.8 Å². The first-order valence-corrected chi connectivity index (χ1v) is 9.26. The van der Waals surface area contributed by atoms with Gasteiger partial charge in [0, 0.05) is 27.7 Å². The van der Waals surface area contributed by atoms with E-state index in [2.05, 4.69) is 11.1 Å². The SMILES string of the molecule is Cc1cccc(CN(C)/C(=N/C(=O)OC(C)(C)C)N2CN(C)C(=O)N(C)C2)c1. The number of aliphatic imine (C=N–C) groups is 1. The quantitative estimate of drug-likeness (QED) is 0.575. The first-order chi connectivity index (χ1) is 13.0. The molecule has 3 amide bonds. The Morgan fingerprint density at radius 3 is 2.36 bits per heavy atom. The summed E-state index contributed by atoms with van der Waals surface area (Å²) in [5, 5.41) is 0. The van der Waals surface area contributed by atoms with E-state index in [0.29, 0.717) is 25.8 Å². The molecule has 1 saturated heterocycles. The second-order valence-corrected chi connectivity index (χ2v) is 8.24. The van der Waals surface area contributed by atoms with Gasteiger partial charge in [-0.2, -0.15) is 0 Å². The van der Waals surface area contributed by atoms with E-state index >= 15 is 0 Å². The van der Waals surface area contributed by atoms with Crippen molar-refractivity contribution in [2.24, 2.45) is 4.99 Å². The zero-order chi connectivity index (χ0) is 21.1. The van der Waals surface area contributed by atoms with E-state index in [1.807, 2.05) is 42.0 Å². The molecule has 0 saturated carbocycles. The van der Waals surface area contributed by atoms with Crippen LogP contribution in [0.25, 0.3) is 0 Å². The van der Waals surface area contributed by atoms with Crippen LogP contribution in [-0.2, 0) is 11.3 Å². The largest absolute Gasteiger partial charge is 0.442 e. The zero-order valence-electron chi connectivity index (χ0n) is 17.9. The summed E-state index contributed by atoms with van der Waals surface area (Å²) in [4.78, 5) is 35.6. The number of aryl methyl sites for hydroxylation is 1. The van der Waals surface area contributed by atoms with Crippen molar-refractivity contribution in [3.05, 3.63) is 35.4 Å². The third kappa shape index (κ3) is 5.87. The van der Waals surface area contributed by atoms with Crippen LogP contribution >= 0.6 is 0 Å². The Balaban J connectivity index is 2.29. The summed E-state index contributed by atoms with van der Waals surface area (Å²) in [5.41, 5.74) is 1.64. The first kappa shape index (κ1) is 21.5. The molecule has 0 aliphatic carbocycles. The van der Waals surface area contributed by atoms with E-state index in [9.17, 15) is 9.59 Å². The lowest BCUT2D eigenvalue weighted by Crippen LogP contribution is -2.59. The molecule has 0 aromatic heterocycles. The van der Waals surface area contributed by atoms with Crippen LogP contribution in [0.2, 0.25) is 0 Å². The molecule has 2 rings (SSSR count). The van der Waals surface area contributed by atoms with Crippen LogP contribution in [0.3, 0.4) is 0 Å². The van der Waals surface area contributed by atoms with Crippen LogP contribution in [0.4, 0.5) is 9.59 Å². The van der Waals surface area contributed by atoms with Crippen molar-refractivity contribution >= 4 is 18.1 Å². The van der Waals surface area contributed by atoms with Crippen molar-refractivity contribution < 1.29 is 14.3 Å². The van der Waals surface area contributed by atoms with E-state index in [1.54, 1.807) is 44.7 Å². The minimum atomic E-state index is -0.652. The van der Waals surface area contributed by atoms with Gasteiger partial charge in [-0.05, 0) is 33.3 Å². The summed E-state index contributed by atoms with van der Waals surface area (Å²) in [6.45, 7) is 8.69. The van der Waals surface area contributed by atoms with Crippen molar-refractivity contribution in [1.29, 1.82) is 0 Å². The molecule has 1 aliphatic heterocycles. The van der Waals surface area contributed by atoms with Crippen LogP contribution in [0, 0.1) is 6.92 Å². The Hall–Kier alpha value is -2.77. The number of rotatable bonds is 2. The van der Waals surface area contributed by atoms with Gasteiger partial charge in [0.2, 0.25) is 5.96 Å². The summed E-state index contributed by atoms with van der Waals surface area (Å²) < 4.78 is 5.38. The van der Waals surface area contributed by atoms with Gasteiger partial charge in [0.15, 0.2) is 0 Å². The number of carbonyl (C=O) groups excluding carboxylic acids is 2. The number of amides is 3. The maximum Gasteiger partial charge on any atom is 0.437 e. The van der Waals surface area contributed by atoms with Gasteiger partial charge >= 0.3 is 12.1 Å². The minimum Gasteiger partial charge on any atom is -0.442 e. The Labute approximate surface area is 167 Å². The molecule has 0 unspecified atom stereocenters. The number of carbonyl (C=O) groups is 2. The molecule has 28 heavy (non-hydrogen) atoms. The fourth-order valence-corrected chi connectivity index (χ4v) is 3.01. The number of hydrogen-bond acceptors (Lipinski definition) is 3. The molecular formula is C20H31N5O3.